The summed E-state index contributed by atoms with van der Waals surface area (Å²) in [5, 5.41) is 91.9. The van der Waals surface area contributed by atoms with E-state index in [-0.39, 0.29) is 96.1 Å². The molecule has 0 saturated carbocycles. The van der Waals surface area contributed by atoms with E-state index in [1.165, 1.54) is 40.0 Å². The lowest BCUT2D eigenvalue weighted by molar-refractivity contribution is -0.0404. The highest BCUT2D eigenvalue weighted by molar-refractivity contribution is 7.87. The van der Waals surface area contributed by atoms with Crippen molar-refractivity contribution in [2.24, 2.45) is 0 Å². The van der Waals surface area contributed by atoms with Crippen molar-refractivity contribution in [1.29, 1.82) is 0 Å². The minimum atomic E-state index is -4.34. The van der Waals surface area contributed by atoms with Crippen molar-refractivity contribution in [1.82, 2.24) is 54.2 Å². The predicted octanol–water partition coefficient (Wildman–Crippen LogP) is 4.15. The van der Waals surface area contributed by atoms with Crippen LogP contribution in [0.4, 0.5) is 9.59 Å². The molecule has 0 amide bonds. The number of aromatic nitrogens is 8. The van der Waals surface area contributed by atoms with E-state index in [2.05, 4.69) is 116 Å². The van der Waals surface area contributed by atoms with E-state index < -0.39 is 219 Å². The SMILES string of the molecule is C=Cc1cn(C2O[C@H](CCP(=C)(C)C)[C@@H](O)[C@H]2O)c(=O)[nH]c1=O.C=P(C)(C)CC[C@H]1OC(n2cc(CNCCS(=O)(=O)O)c(=O)[nH]c2=S)[C@H](O)[C@@H]1O.C=P(C)(C)CC[C@H]1OC(n2cc(CNCCS(=O)(=O)OC(=O)OCC3c4ccccc4-c4ccccc43)c(=O)[nH]c2=O)[C@H](O)[C@@H]1O.C=P(C)(C)CC[C@H]1OC(n2cc(CNCCS(=O)(=O)OC(=O)OCC3c4ccccc4-c4ccccc43)c(=O)[nH]c2=S)[C@H](O)[C@@H]1O. The van der Waals surface area contributed by atoms with Crippen LogP contribution in [0.3, 0.4) is 0 Å². The Bertz CT molecular complexity index is 6710. The fraction of sp³-hybridized carbons (Fsp3) is 0.484. The molecular formula is C93H127N11O31P4S5. The number of fused-ring (bicyclic) bond motifs is 6. The first-order valence-electron chi connectivity index (χ1n) is 45.8. The Hall–Kier alpha value is -8.87. The largest absolute Gasteiger partial charge is 0.524 e. The zero-order chi connectivity index (χ0) is 106. The first kappa shape index (κ1) is 115. The second kappa shape index (κ2) is 49.1. The van der Waals surface area contributed by atoms with Gasteiger partial charge in [0, 0.05) is 92.6 Å². The Morgan fingerprint density at radius 3 is 0.958 bits per heavy atom. The Morgan fingerprint density at radius 2 is 0.667 bits per heavy atom. The molecular weight excluding hydrogens is 2050 g/mol. The number of aliphatic hydroxyl groups excluding tert-OH is 8. The Kier molecular flexibility index (Phi) is 39.3. The molecule has 42 nitrogen and oxygen atoms in total. The van der Waals surface area contributed by atoms with Crippen LogP contribution in [0, 0.1) is 9.54 Å². The van der Waals surface area contributed by atoms with Crippen LogP contribution in [-0.4, -0.2) is 348 Å². The lowest BCUT2D eigenvalue weighted by Gasteiger charge is -2.20. The maximum absolute atomic E-state index is 12.6. The van der Waals surface area contributed by atoms with Gasteiger partial charge in [0.05, 0.1) is 47.2 Å². The van der Waals surface area contributed by atoms with Crippen LogP contribution in [0.15, 0.2) is 157 Å². The topological polar surface area (TPSA) is 614 Å². The number of aliphatic hydroxyl groups is 8. The van der Waals surface area contributed by atoms with Gasteiger partial charge in [0.1, 0.15) is 62.0 Å². The smallest absolute Gasteiger partial charge is 0.432 e. The molecule has 4 aromatic heterocycles. The standard InChI is InChI=1S/C31H38N3O10PS.C31H38N3O9PS2.C16H28N3O7PS2.C15H23N2O5P/c1-45(2,3)14-12-25-26(35)27(36)29(43-25)34-17-19(28(37)33-30(34)38)16-32-13-15-46(40,41)44-31(39)42-18-24-22-10-6-4-8-20(22)21-9-5-7-11-23(21)24;1-44(2,3)14-12-25-26(35)27(36)29(42-25)34-17-19(28(37)33-30(34)45)16-32-13-15-46(39,40)43-31(38)41-18-24-22-10-6-4-8-20(22)21-9-5-7-11-23(21)24;1-27(2,3)6-4-11-12(20)13(21)15(26-11)19-9-10(14(22)18-16(19)28)8-17-5-7-29(23,24)25;1-5-9-8-17(15(21)16-13(9)20)14-12(19)11(18)10(22-14)6-7-23(2,3)4/h4-11,17,24-27,29,32,35-36H,1,12-16,18H2,2-3H3,(H,33,37,38);4-11,17,24-27,29,32,35-36H,1,12-16,18H2,2-3H3,(H,33,37,45);9,11-13,15,17,20-21H,1,4-8H2,2-3H3,(H,18,22,28)(H,23,24,25);5,8,10-12,14,18-19H,1-2,6-7H2,3-4H3,(H,16,20,21)/t2*25-,26-,27-,29?;11-,12-,13-,15?;10-,11-,12-,14?/m1111/s1. The van der Waals surface area contributed by atoms with Crippen LogP contribution < -0.4 is 49.6 Å². The normalized spacial score (nSPS) is 23.1. The summed E-state index contributed by atoms with van der Waals surface area (Å²) in [5.41, 5.74) is 4.84. The molecule has 0 spiro atoms. The van der Waals surface area contributed by atoms with Crippen LogP contribution in [0.25, 0.3) is 28.3 Å². The van der Waals surface area contributed by atoms with E-state index >= 15 is 0 Å². The summed E-state index contributed by atoms with van der Waals surface area (Å²) in [6, 6.07) is 31.0. The molecule has 14 rings (SSSR count). The number of rotatable bonds is 38. The molecule has 0 bridgehead atoms. The highest BCUT2D eigenvalue weighted by Crippen LogP contribution is 2.48. The van der Waals surface area contributed by atoms with Crippen molar-refractivity contribution >= 4 is 126 Å². The monoisotopic (exact) mass is 2180 g/mol. The van der Waals surface area contributed by atoms with Crippen LogP contribution in [0.1, 0.15) is 107 Å². The highest BCUT2D eigenvalue weighted by Gasteiger charge is 2.48. The molecule has 790 valence electrons. The fourth-order valence-corrected chi connectivity index (χ4v) is 23.0. The van der Waals surface area contributed by atoms with Crippen molar-refractivity contribution in [2.45, 2.75) is 155 Å². The van der Waals surface area contributed by atoms with Crippen LogP contribution in [0.5, 0.6) is 0 Å². The number of carbonyl (C=O) groups excluding carboxylic acids is 2. The van der Waals surface area contributed by atoms with Gasteiger partial charge in [0.25, 0.3) is 32.4 Å². The fourth-order valence-electron chi connectivity index (χ4n) is 16.8. The first-order chi connectivity index (χ1) is 67.4. The van der Waals surface area contributed by atoms with Crippen molar-refractivity contribution < 1.29 is 117 Å². The lowest BCUT2D eigenvalue weighted by Crippen LogP contribution is -2.39. The second-order valence-electron chi connectivity index (χ2n) is 38.5. The van der Waals surface area contributed by atoms with Crippen LogP contribution in [0.2, 0.25) is 0 Å². The minimum Gasteiger partial charge on any atom is -0.432 e. The van der Waals surface area contributed by atoms with Gasteiger partial charge in [-0.25, -0.2) is 19.2 Å². The van der Waals surface area contributed by atoms with E-state index in [0.717, 1.165) is 72.1 Å². The first-order valence-corrected chi connectivity index (χ1v) is 63.6. The zero-order valence-corrected chi connectivity index (χ0v) is 88.3. The number of ether oxygens (including phenoxy) is 6. The minimum absolute atomic E-state index is 0.00490. The maximum atomic E-state index is 12.6. The summed E-state index contributed by atoms with van der Waals surface area (Å²) in [5.74, 6) is -2.19. The second-order valence-corrected chi connectivity index (χ2v) is 61.5. The Balaban J connectivity index is 0.000000190. The molecule has 16 atom stereocenters. The van der Waals surface area contributed by atoms with Gasteiger partial charge in [-0.1, -0.05) is 110 Å². The average Bonchev–Trinajstić information content (AvgIpc) is 1.60. The molecule has 8 aromatic rings. The molecule has 4 aromatic carbocycles. The van der Waals surface area contributed by atoms with Gasteiger partial charge in [-0.05, 0) is 173 Å². The number of hydrogen-bond acceptors (Lipinski definition) is 35. The van der Waals surface area contributed by atoms with E-state index in [1.54, 1.807) is 0 Å². The number of hydrogen-bond donors (Lipinski definition) is 16. The third-order valence-electron chi connectivity index (χ3n) is 24.5. The van der Waals surface area contributed by atoms with Gasteiger partial charge in [-0.3, -0.25) is 61.9 Å². The third-order valence-corrected chi connectivity index (χ3v) is 33.9. The summed E-state index contributed by atoms with van der Waals surface area (Å²) >= 11 is 10.5. The Labute approximate surface area is 842 Å². The summed E-state index contributed by atoms with van der Waals surface area (Å²) in [6.07, 6.45) is 8.96. The molecule has 4 fully saturated rings. The quantitative estimate of drug-likeness (QED) is 0.00645. The van der Waals surface area contributed by atoms with Crippen molar-refractivity contribution in [2.75, 3.05) is 128 Å². The molecule has 8 heterocycles. The van der Waals surface area contributed by atoms with Crippen molar-refractivity contribution in [3.8, 4) is 22.3 Å². The lowest BCUT2D eigenvalue weighted by atomic mass is 9.98. The Morgan fingerprint density at radius 1 is 0.403 bits per heavy atom. The molecule has 4 aliphatic heterocycles. The molecule has 0 radical (unpaired) electrons. The number of H-pyrrole nitrogens is 4. The summed E-state index contributed by atoms with van der Waals surface area (Å²) < 4.78 is 128. The van der Waals surface area contributed by atoms with E-state index in [9.17, 15) is 104 Å². The molecule has 51 heteroatoms. The highest BCUT2D eigenvalue weighted by atomic mass is 32.2. The van der Waals surface area contributed by atoms with E-state index in [1.807, 2.05) is 110 Å². The summed E-state index contributed by atoms with van der Waals surface area (Å²) in [7, 11) is -12.7. The number of carbonyl (C=O) groups is 2. The van der Waals surface area contributed by atoms with Gasteiger partial charge in [0.15, 0.2) is 34.5 Å². The van der Waals surface area contributed by atoms with Gasteiger partial charge in [0.2, 0.25) is 0 Å². The molecule has 144 heavy (non-hydrogen) atoms. The molecule has 6 aliphatic rings. The molecule has 16 N–H and O–H groups in total. The van der Waals surface area contributed by atoms with Crippen molar-refractivity contribution in [3.63, 3.8) is 0 Å². The molecule has 4 unspecified atom stereocenters. The van der Waals surface area contributed by atoms with Gasteiger partial charge >= 0.3 is 43.9 Å². The number of benzene rings is 4. The molecule has 4 saturated heterocycles. The van der Waals surface area contributed by atoms with Gasteiger partial charge in [-0.15, -0.1) is 52.7 Å². The predicted molar refractivity (Wildman–Crippen MR) is 561 cm³/mol. The molecule has 2 aliphatic carbocycles. The van der Waals surface area contributed by atoms with E-state index in [0.29, 0.717) is 31.8 Å². The number of aromatic amines is 4. The summed E-state index contributed by atoms with van der Waals surface area (Å²) in [6.45, 7) is 13.8. The zero-order valence-electron chi connectivity index (χ0n) is 80.6. The van der Waals surface area contributed by atoms with Crippen LogP contribution in [-0.2, 0) is 86.8 Å². The summed E-state index contributed by atoms with van der Waals surface area (Å²) in [4.78, 5) is 107. The maximum Gasteiger partial charge on any atom is 0.524 e. The number of nitrogens with zero attached hydrogens (tertiary/aromatic N) is 4. The van der Waals surface area contributed by atoms with Gasteiger partial charge < -0.3 is 93.6 Å². The third kappa shape index (κ3) is 31.2. The average molecular weight is 2180 g/mol. The van der Waals surface area contributed by atoms with E-state index in [4.69, 9.17) is 57.4 Å². The van der Waals surface area contributed by atoms with Crippen LogP contribution >= 0.6 is 52.0 Å². The van der Waals surface area contributed by atoms with Crippen molar-refractivity contribution in [3.05, 3.63) is 245 Å². The number of nitrogens with one attached hydrogen (secondary N) is 7. The van der Waals surface area contributed by atoms with Gasteiger partial charge in [-0.2, -0.15) is 25.3 Å².